The van der Waals surface area contributed by atoms with Crippen LogP contribution >= 0.6 is 0 Å². The first-order valence-corrected chi connectivity index (χ1v) is 5.59. The summed E-state index contributed by atoms with van der Waals surface area (Å²) in [6, 6.07) is 8.41. The molecule has 0 aliphatic rings. The largest absolute Gasteiger partial charge is 0.478 e. The summed E-state index contributed by atoms with van der Waals surface area (Å²) in [6.45, 7) is 0.334. The Hall–Kier alpha value is -2.14. The standard InChI is InChI=1S/C13H13NO4/c15-6-3-7-18-12-8-10(13(16)17)9-4-1-2-5-11(9)14-12/h1-2,4-5,8,15H,3,6-7H2,(H,16,17). The third-order valence-corrected chi connectivity index (χ3v) is 2.48. The predicted molar refractivity (Wildman–Crippen MR) is 65.9 cm³/mol. The molecule has 0 fully saturated rings. The molecule has 0 amide bonds. The van der Waals surface area contributed by atoms with Gasteiger partial charge in [0.15, 0.2) is 0 Å². The van der Waals surface area contributed by atoms with Gasteiger partial charge in [-0.15, -0.1) is 0 Å². The van der Waals surface area contributed by atoms with Gasteiger partial charge < -0.3 is 14.9 Å². The number of aromatic nitrogens is 1. The van der Waals surface area contributed by atoms with Crippen molar-refractivity contribution in [3.8, 4) is 5.88 Å². The monoisotopic (exact) mass is 247 g/mol. The van der Waals surface area contributed by atoms with E-state index >= 15 is 0 Å². The third kappa shape index (κ3) is 2.57. The normalized spacial score (nSPS) is 10.5. The molecule has 0 saturated carbocycles. The predicted octanol–water partition coefficient (Wildman–Crippen LogP) is 1.69. The summed E-state index contributed by atoms with van der Waals surface area (Å²) in [7, 11) is 0. The lowest BCUT2D eigenvalue weighted by atomic mass is 10.1. The average molecular weight is 247 g/mol. The summed E-state index contributed by atoms with van der Waals surface area (Å²) in [5, 5.41) is 18.4. The van der Waals surface area contributed by atoms with Crippen molar-refractivity contribution < 1.29 is 19.7 Å². The Morgan fingerprint density at radius 3 is 2.83 bits per heavy atom. The lowest BCUT2D eigenvalue weighted by Crippen LogP contribution is -2.04. The zero-order chi connectivity index (χ0) is 13.0. The van der Waals surface area contributed by atoms with Gasteiger partial charge in [-0.05, 0) is 6.07 Å². The van der Waals surface area contributed by atoms with Crippen LogP contribution in [0.3, 0.4) is 0 Å². The SMILES string of the molecule is O=C(O)c1cc(OCCCO)nc2ccccc12. The molecule has 0 aliphatic carbocycles. The topological polar surface area (TPSA) is 79.7 Å². The van der Waals surface area contributed by atoms with Crippen LogP contribution in [-0.4, -0.2) is 34.4 Å². The van der Waals surface area contributed by atoms with Crippen LogP contribution in [0, 0.1) is 0 Å². The molecule has 1 heterocycles. The van der Waals surface area contributed by atoms with Crippen LogP contribution in [0.15, 0.2) is 30.3 Å². The first kappa shape index (κ1) is 12.3. The molecule has 0 bridgehead atoms. The number of nitrogens with zero attached hydrogens (tertiary/aromatic N) is 1. The van der Waals surface area contributed by atoms with Gasteiger partial charge in [0.2, 0.25) is 5.88 Å². The van der Waals surface area contributed by atoms with Gasteiger partial charge in [0.1, 0.15) is 0 Å². The number of pyridine rings is 1. The molecule has 0 atom stereocenters. The summed E-state index contributed by atoms with van der Waals surface area (Å²) < 4.78 is 5.31. The molecule has 1 aromatic carbocycles. The van der Waals surface area contributed by atoms with Crippen LogP contribution in [0.1, 0.15) is 16.8 Å². The second kappa shape index (κ2) is 5.46. The minimum Gasteiger partial charge on any atom is -0.478 e. The van der Waals surface area contributed by atoms with E-state index in [0.717, 1.165) is 0 Å². The molecule has 0 unspecified atom stereocenters. The average Bonchev–Trinajstić information content (AvgIpc) is 2.38. The van der Waals surface area contributed by atoms with E-state index in [4.69, 9.17) is 14.9 Å². The summed E-state index contributed by atoms with van der Waals surface area (Å²) >= 11 is 0. The minimum absolute atomic E-state index is 0.0272. The molecule has 5 nitrogen and oxygen atoms in total. The van der Waals surface area contributed by atoms with E-state index < -0.39 is 5.97 Å². The Labute approximate surface area is 104 Å². The maximum Gasteiger partial charge on any atom is 0.336 e. The molecule has 2 N–H and O–H groups in total. The number of para-hydroxylation sites is 1. The second-order valence-electron chi connectivity index (χ2n) is 3.76. The fourth-order valence-corrected chi connectivity index (χ4v) is 1.64. The number of ether oxygens (including phenoxy) is 1. The smallest absolute Gasteiger partial charge is 0.336 e. The van der Waals surface area contributed by atoms with Crippen LogP contribution in [0.25, 0.3) is 10.9 Å². The number of carboxylic acids is 1. The third-order valence-electron chi connectivity index (χ3n) is 2.48. The molecule has 0 spiro atoms. The van der Waals surface area contributed by atoms with Gasteiger partial charge in [0.05, 0.1) is 17.7 Å². The maximum atomic E-state index is 11.2. The van der Waals surface area contributed by atoms with E-state index in [1.807, 2.05) is 0 Å². The van der Waals surface area contributed by atoms with Gasteiger partial charge in [-0.1, -0.05) is 18.2 Å². The minimum atomic E-state index is -1.01. The van der Waals surface area contributed by atoms with Crippen molar-refractivity contribution in [2.45, 2.75) is 6.42 Å². The van der Waals surface area contributed by atoms with Crippen molar-refractivity contribution >= 4 is 16.9 Å². The van der Waals surface area contributed by atoms with Crippen molar-refractivity contribution in [2.24, 2.45) is 0 Å². The van der Waals surface area contributed by atoms with Crippen LogP contribution in [0.5, 0.6) is 5.88 Å². The second-order valence-corrected chi connectivity index (χ2v) is 3.76. The summed E-state index contributed by atoms with van der Waals surface area (Å²) in [5.41, 5.74) is 0.746. The van der Waals surface area contributed by atoms with Gasteiger partial charge >= 0.3 is 5.97 Å². The number of rotatable bonds is 5. The molecule has 94 valence electrons. The molecule has 5 heteroatoms. The van der Waals surface area contributed by atoms with Crippen molar-refractivity contribution in [2.75, 3.05) is 13.2 Å². The Morgan fingerprint density at radius 1 is 1.33 bits per heavy atom. The first-order valence-electron chi connectivity index (χ1n) is 5.59. The van der Waals surface area contributed by atoms with Gasteiger partial charge in [0, 0.05) is 24.5 Å². The highest BCUT2D eigenvalue weighted by atomic mass is 16.5. The van der Waals surface area contributed by atoms with Crippen molar-refractivity contribution in [3.63, 3.8) is 0 Å². The van der Waals surface area contributed by atoms with Crippen molar-refractivity contribution in [1.82, 2.24) is 4.98 Å². The number of carboxylic acid groups (broad SMARTS) is 1. The number of fused-ring (bicyclic) bond motifs is 1. The highest BCUT2D eigenvalue weighted by Crippen LogP contribution is 2.22. The molecular formula is C13H13NO4. The van der Waals surface area contributed by atoms with E-state index in [0.29, 0.717) is 23.9 Å². The molecule has 1 aromatic heterocycles. The van der Waals surface area contributed by atoms with E-state index in [9.17, 15) is 4.79 Å². The molecule has 18 heavy (non-hydrogen) atoms. The molecule has 2 aromatic rings. The zero-order valence-electron chi connectivity index (χ0n) is 9.67. The number of hydrogen-bond donors (Lipinski definition) is 2. The number of carbonyl (C=O) groups is 1. The Kier molecular flexibility index (Phi) is 3.74. The summed E-state index contributed by atoms with van der Waals surface area (Å²) in [5.74, 6) is -0.750. The Bertz CT molecular complexity index is 568. The van der Waals surface area contributed by atoms with Crippen molar-refractivity contribution in [3.05, 3.63) is 35.9 Å². The van der Waals surface area contributed by atoms with Crippen LogP contribution in [0.4, 0.5) is 0 Å². The lowest BCUT2D eigenvalue weighted by Gasteiger charge is -2.07. The molecule has 0 aliphatic heterocycles. The van der Waals surface area contributed by atoms with E-state index in [-0.39, 0.29) is 18.1 Å². The highest BCUT2D eigenvalue weighted by Gasteiger charge is 2.11. The summed E-state index contributed by atoms with van der Waals surface area (Å²) in [4.78, 5) is 15.4. The quantitative estimate of drug-likeness (QED) is 0.786. The van der Waals surface area contributed by atoms with Gasteiger partial charge in [-0.2, -0.15) is 0 Å². The number of aliphatic hydroxyl groups excluding tert-OH is 1. The lowest BCUT2D eigenvalue weighted by molar-refractivity contribution is 0.0698. The number of benzene rings is 1. The van der Waals surface area contributed by atoms with Crippen LogP contribution in [0.2, 0.25) is 0 Å². The first-order chi connectivity index (χ1) is 8.72. The maximum absolute atomic E-state index is 11.2. The Morgan fingerprint density at radius 2 is 2.11 bits per heavy atom. The number of aliphatic hydroxyl groups is 1. The molecule has 0 saturated heterocycles. The number of aromatic carboxylic acids is 1. The van der Waals surface area contributed by atoms with Crippen LogP contribution in [-0.2, 0) is 0 Å². The Balaban J connectivity index is 2.41. The van der Waals surface area contributed by atoms with Gasteiger partial charge in [-0.3, -0.25) is 0 Å². The van der Waals surface area contributed by atoms with Gasteiger partial charge in [-0.25, -0.2) is 9.78 Å². The van der Waals surface area contributed by atoms with Crippen molar-refractivity contribution in [1.29, 1.82) is 0 Å². The summed E-state index contributed by atoms with van der Waals surface area (Å²) in [6.07, 6.45) is 0.483. The van der Waals surface area contributed by atoms with E-state index in [1.165, 1.54) is 6.07 Å². The van der Waals surface area contributed by atoms with Crippen LogP contribution < -0.4 is 4.74 Å². The molecule has 0 radical (unpaired) electrons. The molecule has 2 rings (SSSR count). The molecular weight excluding hydrogens is 234 g/mol. The fraction of sp³-hybridized carbons (Fsp3) is 0.231. The van der Waals surface area contributed by atoms with Gasteiger partial charge in [0.25, 0.3) is 0 Å². The number of hydrogen-bond acceptors (Lipinski definition) is 4. The fourth-order valence-electron chi connectivity index (χ4n) is 1.64. The van der Waals surface area contributed by atoms with E-state index in [2.05, 4.69) is 4.98 Å². The highest BCUT2D eigenvalue weighted by molar-refractivity contribution is 6.02. The zero-order valence-corrected chi connectivity index (χ0v) is 9.67. The van der Waals surface area contributed by atoms with E-state index in [1.54, 1.807) is 24.3 Å².